The van der Waals surface area contributed by atoms with Crippen LogP contribution in [0.4, 0.5) is 10.2 Å². The maximum atomic E-state index is 12.7. The highest BCUT2D eigenvalue weighted by Gasteiger charge is 2.11. The molecule has 21 heavy (non-hydrogen) atoms. The molecule has 0 aliphatic carbocycles. The topological polar surface area (TPSA) is 71.5 Å². The maximum Gasteiger partial charge on any atom is 0.290 e. The van der Waals surface area contributed by atoms with Gasteiger partial charge in [0.25, 0.3) is 6.47 Å². The van der Waals surface area contributed by atoms with Crippen LogP contribution in [-0.2, 0) is 17.8 Å². The fourth-order valence-corrected chi connectivity index (χ4v) is 1.97. The van der Waals surface area contributed by atoms with Gasteiger partial charge in [-0.3, -0.25) is 4.79 Å². The van der Waals surface area contributed by atoms with E-state index in [0.29, 0.717) is 12.4 Å². The number of pyridine rings is 1. The molecule has 5 nitrogen and oxygen atoms in total. The molecule has 110 valence electrons. The summed E-state index contributed by atoms with van der Waals surface area (Å²) in [6, 6.07) is 10.0. The summed E-state index contributed by atoms with van der Waals surface area (Å²) in [5, 5.41) is 10.1. The van der Waals surface area contributed by atoms with Crippen molar-refractivity contribution in [3.8, 4) is 5.75 Å². The average Bonchev–Trinajstić information content (AvgIpc) is 2.95. The molecule has 2 N–H and O–H groups in total. The van der Waals surface area contributed by atoms with Gasteiger partial charge in [0.1, 0.15) is 24.0 Å². The highest BCUT2D eigenvalue weighted by molar-refractivity contribution is 5.49. The Balaban J connectivity index is 0.000000497. The van der Waals surface area contributed by atoms with Crippen molar-refractivity contribution in [2.24, 2.45) is 0 Å². The summed E-state index contributed by atoms with van der Waals surface area (Å²) < 4.78 is 18.3. The molecule has 0 amide bonds. The molecule has 0 atom stereocenters. The van der Waals surface area contributed by atoms with E-state index >= 15 is 0 Å². The van der Waals surface area contributed by atoms with E-state index in [9.17, 15) is 4.39 Å². The molecule has 2 aromatic rings. The van der Waals surface area contributed by atoms with Crippen molar-refractivity contribution in [2.75, 3.05) is 11.9 Å². The Hall–Kier alpha value is -2.63. The Morgan fingerprint density at radius 1 is 1.29 bits per heavy atom. The van der Waals surface area contributed by atoms with Crippen molar-refractivity contribution in [1.29, 1.82) is 0 Å². The second-order valence-electron chi connectivity index (χ2n) is 4.34. The van der Waals surface area contributed by atoms with E-state index < -0.39 is 0 Å². The van der Waals surface area contributed by atoms with Crippen LogP contribution >= 0.6 is 0 Å². The third-order valence-corrected chi connectivity index (χ3v) is 2.92. The molecule has 0 fully saturated rings. The quantitative estimate of drug-likeness (QED) is 0.850. The number of nitrogens with one attached hydrogen (secondary N) is 1. The summed E-state index contributed by atoms with van der Waals surface area (Å²) in [5.41, 5.74) is 2.12. The first kappa shape index (κ1) is 14.8. The van der Waals surface area contributed by atoms with Crippen molar-refractivity contribution in [1.82, 2.24) is 4.98 Å². The van der Waals surface area contributed by atoms with Crippen molar-refractivity contribution in [2.45, 2.75) is 13.0 Å². The Kier molecular flexibility index (Phi) is 5.09. The van der Waals surface area contributed by atoms with E-state index in [1.54, 1.807) is 12.1 Å². The highest BCUT2D eigenvalue weighted by atomic mass is 19.1. The van der Waals surface area contributed by atoms with E-state index in [1.165, 1.54) is 17.7 Å². The second-order valence-corrected chi connectivity index (χ2v) is 4.34. The smallest absolute Gasteiger partial charge is 0.290 e. The third-order valence-electron chi connectivity index (χ3n) is 2.92. The Morgan fingerprint density at radius 2 is 2.00 bits per heavy atom. The largest absolute Gasteiger partial charge is 0.487 e. The number of aromatic nitrogens is 1. The van der Waals surface area contributed by atoms with Crippen molar-refractivity contribution in [3.05, 3.63) is 53.5 Å². The van der Waals surface area contributed by atoms with Crippen LogP contribution in [0, 0.1) is 5.82 Å². The molecule has 0 saturated heterocycles. The lowest BCUT2D eigenvalue weighted by Gasteiger charge is -2.07. The molecule has 2 heterocycles. The molecule has 1 aliphatic heterocycles. The zero-order valence-electron chi connectivity index (χ0n) is 11.3. The minimum absolute atomic E-state index is 0.250. The molecule has 3 rings (SSSR count). The van der Waals surface area contributed by atoms with Crippen LogP contribution in [-0.4, -0.2) is 23.1 Å². The standard InChI is InChI=1S/C14H13FN2O.CH2O2/c15-11-2-5-13(6-3-11)18-9-12-4-1-10-7-8-16-14(10)17-12;2-1-3/h1-6H,7-9H2,(H,16,17);1H,(H,2,3). The average molecular weight is 290 g/mol. The van der Waals surface area contributed by atoms with Crippen LogP contribution in [0.2, 0.25) is 0 Å². The number of fused-ring (bicyclic) bond motifs is 1. The van der Waals surface area contributed by atoms with Crippen molar-refractivity contribution >= 4 is 12.3 Å². The predicted octanol–water partition coefficient (Wildman–Crippen LogP) is 2.47. The van der Waals surface area contributed by atoms with Crippen LogP contribution in [0.5, 0.6) is 5.75 Å². The first-order valence-corrected chi connectivity index (χ1v) is 6.42. The van der Waals surface area contributed by atoms with Gasteiger partial charge in [-0.15, -0.1) is 0 Å². The van der Waals surface area contributed by atoms with Gasteiger partial charge in [-0.25, -0.2) is 9.37 Å². The van der Waals surface area contributed by atoms with Crippen LogP contribution < -0.4 is 10.1 Å². The summed E-state index contributed by atoms with van der Waals surface area (Å²) in [5.74, 6) is 1.34. The molecular formula is C15H15FN2O3. The molecule has 6 heteroatoms. The number of anilines is 1. The summed E-state index contributed by atoms with van der Waals surface area (Å²) in [4.78, 5) is 12.8. The van der Waals surface area contributed by atoms with Gasteiger partial charge in [0.15, 0.2) is 0 Å². The normalized spacial score (nSPS) is 11.7. The van der Waals surface area contributed by atoms with E-state index in [2.05, 4.69) is 16.4 Å². The predicted molar refractivity (Wildman–Crippen MR) is 75.9 cm³/mol. The van der Waals surface area contributed by atoms with E-state index in [4.69, 9.17) is 14.6 Å². The molecule has 1 aromatic heterocycles. The zero-order valence-corrected chi connectivity index (χ0v) is 11.3. The van der Waals surface area contributed by atoms with Gasteiger partial charge < -0.3 is 15.2 Å². The summed E-state index contributed by atoms with van der Waals surface area (Å²) >= 11 is 0. The van der Waals surface area contributed by atoms with Crippen LogP contribution in [0.3, 0.4) is 0 Å². The van der Waals surface area contributed by atoms with Crippen LogP contribution in [0.15, 0.2) is 36.4 Å². The number of hydrogen-bond acceptors (Lipinski definition) is 4. The first-order chi connectivity index (χ1) is 10.2. The monoisotopic (exact) mass is 290 g/mol. The molecule has 1 aliphatic rings. The van der Waals surface area contributed by atoms with Gasteiger partial charge in [-0.2, -0.15) is 0 Å². The zero-order chi connectivity index (χ0) is 15.1. The SMILES string of the molecule is Fc1ccc(OCc2ccc3c(n2)NCC3)cc1.O=CO. The second kappa shape index (κ2) is 7.23. The third kappa shape index (κ3) is 4.17. The number of benzene rings is 1. The van der Waals surface area contributed by atoms with Gasteiger partial charge in [0.2, 0.25) is 0 Å². The first-order valence-electron chi connectivity index (χ1n) is 6.42. The van der Waals surface area contributed by atoms with Gasteiger partial charge in [-0.1, -0.05) is 6.07 Å². The number of nitrogens with zero attached hydrogens (tertiary/aromatic N) is 1. The summed E-state index contributed by atoms with van der Waals surface area (Å²) in [6.07, 6.45) is 1.03. The lowest BCUT2D eigenvalue weighted by molar-refractivity contribution is -0.122. The Labute approximate surface area is 121 Å². The van der Waals surface area contributed by atoms with Gasteiger partial charge >= 0.3 is 0 Å². The fraction of sp³-hybridized carbons (Fsp3) is 0.200. The molecule has 0 bridgehead atoms. The molecular weight excluding hydrogens is 275 g/mol. The van der Waals surface area contributed by atoms with Crippen LogP contribution in [0.25, 0.3) is 0 Å². The van der Waals surface area contributed by atoms with Gasteiger partial charge in [-0.05, 0) is 42.3 Å². The minimum atomic E-state index is -0.262. The van der Waals surface area contributed by atoms with Crippen molar-refractivity contribution < 1.29 is 19.0 Å². The Bertz CT molecular complexity index is 602. The van der Waals surface area contributed by atoms with Gasteiger partial charge in [0.05, 0.1) is 5.69 Å². The Morgan fingerprint density at radius 3 is 2.71 bits per heavy atom. The van der Waals surface area contributed by atoms with Gasteiger partial charge in [0, 0.05) is 6.54 Å². The summed E-state index contributed by atoms with van der Waals surface area (Å²) in [6.45, 7) is 1.09. The number of carbonyl (C=O) groups is 1. The molecule has 1 aromatic carbocycles. The number of rotatable bonds is 3. The fourth-order valence-electron chi connectivity index (χ4n) is 1.97. The molecule has 0 saturated carbocycles. The molecule has 0 unspecified atom stereocenters. The maximum absolute atomic E-state index is 12.7. The number of carboxylic acid groups (broad SMARTS) is 1. The van der Waals surface area contributed by atoms with E-state index in [1.807, 2.05) is 6.07 Å². The summed E-state index contributed by atoms with van der Waals surface area (Å²) in [7, 11) is 0. The number of halogens is 1. The lowest BCUT2D eigenvalue weighted by atomic mass is 10.2. The van der Waals surface area contributed by atoms with E-state index in [-0.39, 0.29) is 12.3 Å². The lowest BCUT2D eigenvalue weighted by Crippen LogP contribution is -2.00. The molecule has 0 radical (unpaired) electrons. The van der Waals surface area contributed by atoms with Crippen molar-refractivity contribution in [3.63, 3.8) is 0 Å². The number of hydrogen-bond donors (Lipinski definition) is 2. The molecule has 0 spiro atoms. The van der Waals surface area contributed by atoms with Crippen LogP contribution in [0.1, 0.15) is 11.3 Å². The minimum Gasteiger partial charge on any atom is -0.487 e. The van der Waals surface area contributed by atoms with E-state index in [0.717, 1.165) is 24.5 Å². The number of ether oxygens (including phenoxy) is 1. The highest BCUT2D eigenvalue weighted by Crippen LogP contribution is 2.20.